The number of carbonyl (C=O) groups is 1. The van der Waals surface area contributed by atoms with Crippen molar-refractivity contribution in [3.63, 3.8) is 0 Å². The van der Waals surface area contributed by atoms with E-state index in [2.05, 4.69) is 35.5 Å². The van der Waals surface area contributed by atoms with E-state index in [9.17, 15) is 4.79 Å². The standard InChI is InChI=1S/C20H23N3O2/c1-15-3-8-19-17(13-15)14-22-23(19)12-10-20(24)21-11-9-16-4-6-18(25-2)7-5-16/h3-8,13-14H,9-12H2,1-2H3,(H,21,24). The van der Waals surface area contributed by atoms with Crippen molar-refractivity contribution in [2.24, 2.45) is 0 Å². The number of nitrogens with one attached hydrogen (secondary N) is 1. The van der Waals surface area contributed by atoms with Crippen LogP contribution >= 0.6 is 0 Å². The lowest BCUT2D eigenvalue weighted by Crippen LogP contribution is -2.26. The Morgan fingerprint density at radius 2 is 2.00 bits per heavy atom. The molecule has 3 aromatic rings. The first-order chi connectivity index (χ1) is 12.2. The summed E-state index contributed by atoms with van der Waals surface area (Å²) in [6, 6.07) is 14.1. The van der Waals surface area contributed by atoms with Crippen LogP contribution in [-0.4, -0.2) is 29.3 Å². The summed E-state index contributed by atoms with van der Waals surface area (Å²) < 4.78 is 7.02. The van der Waals surface area contributed by atoms with Gasteiger partial charge in [0.15, 0.2) is 0 Å². The van der Waals surface area contributed by atoms with Gasteiger partial charge in [-0.05, 0) is 43.2 Å². The molecule has 0 aliphatic heterocycles. The number of ether oxygens (including phenoxy) is 1. The summed E-state index contributed by atoms with van der Waals surface area (Å²) in [6.07, 6.45) is 3.08. The van der Waals surface area contributed by atoms with Gasteiger partial charge in [0, 0.05) is 18.4 Å². The van der Waals surface area contributed by atoms with Gasteiger partial charge < -0.3 is 10.1 Å². The summed E-state index contributed by atoms with van der Waals surface area (Å²) in [6.45, 7) is 3.28. The molecule has 0 fully saturated rings. The third kappa shape index (κ3) is 4.38. The first-order valence-electron chi connectivity index (χ1n) is 8.47. The van der Waals surface area contributed by atoms with Gasteiger partial charge >= 0.3 is 0 Å². The van der Waals surface area contributed by atoms with Crippen molar-refractivity contribution < 1.29 is 9.53 Å². The predicted octanol–water partition coefficient (Wildman–Crippen LogP) is 3.10. The number of hydrogen-bond acceptors (Lipinski definition) is 3. The minimum absolute atomic E-state index is 0.0456. The van der Waals surface area contributed by atoms with Gasteiger partial charge in [-0.3, -0.25) is 9.48 Å². The maximum Gasteiger partial charge on any atom is 0.221 e. The van der Waals surface area contributed by atoms with Crippen molar-refractivity contribution >= 4 is 16.8 Å². The number of aryl methyl sites for hydroxylation is 2. The highest BCUT2D eigenvalue weighted by atomic mass is 16.5. The second-order valence-electron chi connectivity index (χ2n) is 6.13. The zero-order valence-electron chi connectivity index (χ0n) is 14.7. The molecule has 0 unspecified atom stereocenters. The highest BCUT2D eigenvalue weighted by Gasteiger charge is 2.06. The first-order valence-corrected chi connectivity index (χ1v) is 8.47. The molecule has 0 saturated carbocycles. The molecular formula is C20H23N3O2. The van der Waals surface area contributed by atoms with E-state index in [4.69, 9.17) is 4.74 Å². The fourth-order valence-electron chi connectivity index (χ4n) is 2.82. The molecule has 1 aromatic heterocycles. The second kappa shape index (κ2) is 7.83. The van der Waals surface area contributed by atoms with E-state index < -0.39 is 0 Å². The van der Waals surface area contributed by atoms with Gasteiger partial charge in [0.2, 0.25) is 5.91 Å². The van der Waals surface area contributed by atoms with E-state index in [-0.39, 0.29) is 5.91 Å². The van der Waals surface area contributed by atoms with Crippen LogP contribution in [-0.2, 0) is 17.8 Å². The van der Waals surface area contributed by atoms with Crippen LogP contribution in [0.4, 0.5) is 0 Å². The molecule has 0 radical (unpaired) electrons. The number of amides is 1. The van der Waals surface area contributed by atoms with Crippen LogP contribution in [0, 0.1) is 6.92 Å². The molecule has 0 aliphatic carbocycles. The number of benzene rings is 2. The lowest BCUT2D eigenvalue weighted by Gasteiger charge is -2.07. The summed E-state index contributed by atoms with van der Waals surface area (Å²) in [4.78, 5) is 12.0. The molecule has 0 spiro atoms. The van der Waals surface area contributed by atoms with Gasteiger partial charge in [-0.25, -0.2) is 0 Å². The molecule has 1 amide bonds. The molecule has 0 atom stereocenters. The molecule has 5 nitrogen and oxygen atoms in total. The monoisotopic (exact) mass is 337 g/mol. The van der Waals surface area contributed by atoms with E-state index in [1.807, 2.05) is 35.1 Å². The van der Waals surface area contributed by atoms with Crippen LogP contribution in [0.3, 0.4) is 0 Å². The Morgan fingerprint density at radius 1 is 1.20 bits per heavy atom. The number of hydrogen-bond donors (Lipinski definition) is 1. The topological polar surface area (TPSA) is 56.1 Å². The fraction of sp³-hybridized carbons (Fsp3) is 0.300. The molecule has 2 aromatic carbocycles. The highest BCUT2D eigenvalue weighted by molar-refractivity contribution is 5.80. The van der Waals surface area contributed by atoms with E-state index in [1.165, 1.54) is 11.1 Å². The zero-order valence-corrected chi connectivity index (χ0v) is 14.7. The van der Waals surface area contributed by atoms with Crippen LogP contribution in [0.5, 0.6) is 5.75 Å². The Labute approximate surface area is 147 Å². The van der Waals surface area contributed by atoms with Gasteiger partial charge in [-0.15, -0.1) is 0 Å². The maximum atomic E-state index is 12.0. The average Bonchev–Trinajstić information content (AvgIpc) is 3.02. The number of methoxy groups -OCH3 is 1. The second-order valence-corrected chi connectivity index (χ2v) is 6.13. The van der Waals surface area contributed by atoms with Crippen LogP contribution in [0.2, 0.25) is 0 Å². The van der Waals surface area contributed by atoms with Gasteiger partial charge in [0.05, 0.1) is 25.4 Å². The molecule has 0 bridgehead atoms. The lowest BCUT2D eigenvalue weighted by atomic mass is 10.1. The van der Waals surface area contributed by atoms with Gasteiger partial charge in [0.25, 0.3) is 0 Å². The third-order valence-electron chi connectivity index (χ3n) is 4.24. The fourth-order valence-corrected chi connectivity index (χ4v) is 2.82. The number of nitrogens with zero attached hydrogens (tertiary/aromatic N) is 2. The minimum Gasteiger partial charge on any atom is -0.497 e. The summed E-state index contributed by atoms with van der Waals surface area (Å²) in [5.41, 5.74) is 3.45. The Balaban J connectivity index is 1.45. The quantitative estimate of drug-likeness (QED) is 0.721. The number of aromatic nitrogens is 2. The van der Waals surface area contributed by atoms with Crippen molar-refractivity contribution in [3.8, 4) is 5.75 Å². The van der Waals surface area contributed by atoms with E-state index >= 15 is 0 Å². The molecule has 130 valence electrons. The Kier molecular flexibility index (Phi) is 5.33. The molecule has 1 heterocycles. The van der Waals surface area contributed by atoms with Crippen molar-refractivity contribution in [1.82, 2.24) is 15.1 Å². The summed E-state index contributed by atoms with van der Waals surface area (Å²) in [5.74, 6) is 0.888. The number of fused-ring (bicyclic) bond motifs is 1. The Morgan fingerprint density at radius 3 is 2.76 bits per heavy atom. The zero-order chi connectivity index (χ0) is 17.6. The molecule has 0 aliphatic rings. The SMILES string of the molecule is COc1ccc(CCNC(=O)CCn2ncc3cc(C)ccc32)cc1. The predicted molar refractivity (Wildman–Crippen MR) is 98.8 cm³/mol. The largest absolute Gasteiger partial charge is 0.497 e. The number of rotatable bonds is 7. The van der Waals surface area contributed by atoms with E-state index in [0.717, 1.165) is 23.1 Å². The van der Waals surface area contributed by atoms with Crippen LogP contribution in [0.25, 0.3) is 10.9 Å². The molecule has 0 saturated heterocycles. The van der Waals surface area contributed by atoms with Gasteiger partial charge in [0.1, 0.15) is 5.75 Å². The molecule has 5 heteroatoms. The normalized spacial score (nSPS) is 10.8. The molecule has 25 heavy (non-hydrogen) atoms. The smallest absolute Gasteiger partial charge is 0.221 e. The average molecular weight is 337 g/mol. The molecule has 3 rings (SSSR count). The minimum atomic E-state index is 0.0456. The van der Waals surface area contributed by atoms with Crippen molar-refractivity contribution in [1.29, 1.82) is 0 Å². The van der Waals surface area contributed by atoms with Gasteiger partial charge in [-0.2, -0.15) is 5.10 Å². The third-order valence-corrected chi connectivity index (χ3v) is 4.24. The van der Waals surface area contributed by atoms with Crippen LogP contribution in [0.1, 0.15) is 17.5 Å². The van der Waals surface area contributed by atoms with Crippen molar-refractivity contribution in [2.45, 2.75) is 26.3 Å². The van der Waals surface area contributed by atoms with Gasteiger partial charge in [-0.1, -0.05) is 23.8 Å². The molecule has 1 N–H and O–H groups in total. The van der Waals surface area contributed by atoms with Crippen molar-refractivity contribution in [2.75, 3.05) is 13.7 Å². The van der Waals surface area contributed by atoms with Crippen LogP contribution < -0.4 is 10.1 Å². The Hall–Kier alpha value is -2.82. The number of carbonyl (C=O) groups excluding carboxylic acids is 1. The van der Waals surface area contributed by atoms with Crippen molar-refractivity contribution in [3.05, 3.63) is 59.8 Å². The summed E-state index contributed by atoms with van der Waals surface area (Å²) >= 11 is 0. The molecular weight excluding hydrogens is 314 g/mol. The van der Waals surface area contributed by atoms with Crippen LogP contribution in [0.15, 0.2) is 48.7 Å². The summed E-state index contributed by atoms with van der Waals surface area (Å²) in [7, 11) is 1.65. The summed E-state index contributed by atoms with van der Waals surface area (Å²) in [5, 5.41) is 8.46. The Bertz CT molecular complexity index is 853. The lowest BCUT2D eigenvalue weighted by molar-refractivity contribution is -0.121. The van der Waals surface area contributed by atoms with E-state index in [1.54, 1.807) is 7.11 Å². The highest BCUT2D eigenvalue weighted by Crippen LogP contribution is 2.15. The van der Waals surface area contributed by atoms with E-state index in [0.29, 0.717) is 19.5 Å². The first kappa shape index (κ1) is 17.0. The maximum absolute atomic E-state index is 12.0.